The Hall–Kier alpha value is 0.223. The summed E-state index contributed by atoms with van der Waals surface area (Å²) in [4.78, 5) is 0. The van der Waals surface area contributed by atoms with Gasteiger partial charge in [-0.2, -0.15) is 0 Å². The summed E-state index contributed by atoms with van der Waals surface area (Å²) < 4.78 is 4.98. The number of hydrogen-bond donors (Lipinski definition) is 0. The summed E-state index contributed by atoms with van der Waals surface area (Å²) in [5.41, 5.74) is 0.931. The van der Waals surface area contributed by atoms with Crippen molar-refractivity contribution in [2.24, 2.45) is 0 Å². The maximum absolute atomic E-state index is 4.98. The van der Waals surface area contributed by atoms with Gasteiger partial charge in [-0.3, -0.25) is 0 Å². The number of rotatable bonds is 1. The van der Waals surface area contributed by atoms with E-state index in [0.717, 1.165) is 11.3 Å². The molecule has 1 radical (unpaired) electrons. The number of para-hydroxylation sites is 1. The van der Waals surface area contributed by atoms with E-state index in [1.807, 2.05) is 24.3 Å². The summed E-state index contributed by atoms with van der Waals surface area (Å²) >= 11 is -0.931. The molecule has 0 heterocycles. The van der Waals surface area contributed by atoms with Gasteiger partial charge in [-0.1, -0.05) is 18.2 Å². The molecule has 63 valence electrons. The molecular weight excluding hydrogens is 248 g/mol. The molecule has 4 heteroatoms. The molecule has 0 aliphatic heterocycles. The van der Waals surface area contributed by atoms with Crippen molar-refractivity contribution >= 4 is 19.4 Å². The van der Waals surface area contributed by atoms with Crippen LogP contribution in [0.25, 0.3) is 0 Å². The number of hydrogen-bond acceptors (Lipinski definition) is 1. The van der Waals surface area contributed by atoms with E-state index in [1.165, 1.54) is 0 Å². The molecule has 1 nitrogen and oxygen atoms in total. The maximum atomic E-state index is 4.98. The van der Waals surface area contributed by atoms with E-state index >= 15 is 0 Å². The molecule has 0 aliphatic carbocycles. The van der Waals surface area contributed by atoms with Gasteiger partial charge in [0.1, 0.15) is 5.75 Å². The Kier molecular flexibility index (Phi) is 8.00. The van der Waals surface area contributed by atoms with E-state index < -0.39 is 15.1 Å². The van der Waals surface area contributed by atoms with Crippen LogP contribution in [0.15, 0.2) is 24.3 Å². The van der Waals surface area contributed by atoms with Gasteiger partial charge in [0.05, 0.1) is 7.11 Å². The molecule has 0 atom stereocenters. The first-order valence-electron chi connectivity index (χ1n) is 3.33. The van der Waals surface area contributed by atoms with Crippen molar-refractivity contribution in [3.8, 4) is 5.75 Å². The summed E-state index contributed by atoms with van der Waals surface area (Å²) in [6.45, 7) is 3.77. The minimum atomic E-state index is -0.931. The Morgan fingerprint density at radius 3 is 2.17 bits per heavy atom. The van der Waals surface area contributed by atoms with E-state index in [-0.39, 0.29) is 0 Å². The predicted octanol–water partition coefficient (Wildman–Crippen LogP) is 3.25. The standard InChI is InChI=1S/C8H9O.2ClH.Zn/c1-7-5-3-4-6-8(7)9-2;;;/h3-6H,1H2,2H3;2*1H;/q;;;+2/p-2. The first-order chi connectivity index (χ1) is 5.76. The van der Waals surface area contributed by atoms with Crippen LogP contribution in [-0.4, -0.2) is 7.11 Å². The van der Waals surface area contributed by atoms with Crippen LogP contribution in [0, 0.1) is 6.92 Å². The van der Waals surface area contributed by atoms with E-state index in [9.17, 15) is 0 Å². The van der Waals surface area contributed by atoms with Crippen molar-refractivity contribution in [1.82, 2.24) is 0 Å². The fourth-order valence-corrected chi connectivity index (χ4v) is 0.703. The van der Waals surface area contributed by atoms with Gasteiger partial charge in [-0.05, 0) is 18.6 Å². The van der Waals surface area contributed by atoms with Crippen molar-refractivity contribution in [2.45, 2.75) is 0 Å². The normalized spacial score (nSPS) is 7.67. The number of methoxy groups -OCH3 is 1. The van der Waals surface area contributed by atoms with Gasteiger partial charge in [0.15, 0.2) is 0 Å². The van der Waals surface area contributed by atoms with Crippen molar-refractivity contribution in [2.75, 3.05) is 7.11 Å². The van der Waals surface area contributed by atoms with Gasteiger partial charge in [0.2, 0.25) is 0 Å². The Morgan fingerprint density at radius 2 is 1.83 bits per heavy atom. The summed E-state index contributed by atoms with van der Waals surface area (Å²) in [6, 6.07) is 7.67. The molecule has 0 saturated carbocycles. The Bertz CT molecular complexity index is 218. The number of benzene rings is 1. The fraction of sp³-hybridized carbons (Fsp3) is 0.125. The van der Waals surface area contributed by atoms with Crippen LogP contribution in [-0.2, 0) is 15.1 Å². The second-order valence-corrected chi connectivity index (χ2v) is 6.54. The topological polar surface area (TPSA) is 9.23 Å². The third-order valence-corrected chi connectivity index (χ3v) is 1.19. The number of halogens is 2. The third-order valence-electron chi connectivity index (χ3n) is 1.19. The molecule has 0 amide bonds. The van der Waals surface area contributed by atoms with Gasteiger partial charge >= 0.3 is 34.5 Å². The summed E-state index contributed by atoms with van der Waals surface area (Å²) in [7, 11) is 11.5. The zero-order chi connectivity index (χ0) is 9.40. The molecular formula is C8H9Cl2OZn. The quantitative estimate of drug-likeness (QED) is 0.702. The average molecular weight is 257 g/mol. The molecule has 0 aliphatic rings. The van der Waals surface area contributed by atoms with Gasteiger partial charge in [-0.15, -0.1) is 0 Å². The monoisotopic (exact) mass is 255 g/mol. The molecule has 0 N–H and O–H groups in total. The SMILES string of the molecule is [CH2]c1ccccc1OC.[Cl][Zn][Cl]. The number of ether oxygens (including phenoxy) is 1. The molecule has 0 fully saturated rings. The zero-order valence-corrected chi connectivity index (χ0v) is 11.4. The first-order valence-corrected chi connectivity index (χ1v) is 11.1. The van der Waals surface area contributed by atoms with Crippen molar-refractivity contribution in [3.05, 3.63) is 36.8 Å². The molecule has 0 unspecified atom stereocenters. The summed E-state index contributed by atoms with van der Waals surface area (Å²) in [6.07, 6.45) is 0. The second kappa shape index (κ2) is 7.85. The second-order valence-electron chi connectivity index (χ2n) is 1.91. The van der Waals surface area contributed by atoms with Gasteiger partial charge in [0.25, 0.3) is 0 Å². The minimum absolute atomic E-state index is 0.845. The van der Waals surface area contributed by atoms with Crippen LogP contribution < -0.4 is 4.74 Å². The molecule has 0 saturated heterocycles. The van der Waals surface area contributed by atoms with Crippen LogP contribution in [0.4, 0.5) is 0 Å². The van der Waals surface area contributed by atoms with Crippen molar-refractivity contribution < 1.29 is 19.9 Å². The van der Waals surface area contributed by atoms with E-state index in [1.54, 1.807) is 7.11 Å². The predicted molar refractivity (Wildman–Crippen MR) is 49.2 cm³/mol. The fourth-order valence-electron chi connectivity index (χ4n) is 0.703. The van der Waals surface area contributed by atoms with Gasteiger partial charge < -0.3 is 4.74 Å². The Balaban J connectivity index is 0.000000354. The molecule has 1 rings (SSSR count). The van der Waals surface area contributed by atoms with Crippen LogP contribution in [0.2, 0.25) is 0 Å². The van der Waals surface area contributed by atoms with E-state index in [4.69, 9.17) is 24.1 Å². The summed E-state index contributed by atoms with van der Waals surface area (Å²) in [5, 5.41) is 0. The molecule has 0 aromatic heterocycles. The van der Waals surface area contributed by atoms with Crippen LogP contribution in [0.3, 0.4) is 0 Å². The molecule has 1 aromatic carbocycles. The Morgan fingerprint density at radius 1 is 1.33 bits per heavy atom. The van der Waals surface area contributed by atoms with Crippen molar-refractivity contribution in [3.63, 3.8) is 0 Å². The third kappa shape index (κ3) is 4.97. The van der Waals surface area contributed by atoms with Gasteiger partial charge in [0, 0.05) is 0 Å². The first kappa shape index (κ1) is 12.2. The van der Waals surface area contributed by atoms with Crippen LogP contribution in [0.5, 0.6) is 5.75 Å². The molecule has 0 bridgehead atoms. The zero-order valence-electron chi connectivity index (χ0n) is 6.89. The molecule has 1 aromatic rings. The molecule has 12 heavy (non-hydrogen) atoms. The van der Waals surface area contributed by atoms with E-state index in [0.29, 0.717) is 0 Å². The van der Waals surface area contributed by atoms with Crippen molar-refractivity contribution in [1.29, 1.82) is 0 Å². The van der Waals surface area contributed by atoms with Gasteiger partial charge in [-0.25, -0.2) is 0 Å². The average Bonchev–Trinajstić information content (AvgIpc) is 2.07. The van der Waals surface area contributed by atoms with E-state index in [2.05, 4.69) is 6.92 Å². The summed E-state index contributed by atoms with van der Waals surface area (Å²) in [5.74, 6) is 0.845. The Labute approximate surface area is 88.7 Å². The molecule has 0 spiro atoms. The van der Waals surface area contributed by atoms with Crippen LogP contribution in [0.1, 0.15) is 5.56 Å². The van der Waals surface area contributed by atoms with Crippen LogP contribution >= 0.6 is 19.4 Å².